The molecule has 0 amide bonds. The van der Waals surface area contributed by atoms with Crippen molar-refractivity contribution in [2.75, 3.05) is 30.8 Å². The molecule has 0 unspecified atom stereocenters. The van der Waals surface area contributed by atoms with Crippen LogP contribution in [0, 0.1) is 0 Å². The minimum atomic E-state index is -2.45. The number of rotatable bonds is 6. The minimum Gasteiger partial charge on any atom is -0.396 e. The van der Waals surface area contributed by atoms with Crippen molar-refractivity contribution in [3.8, 4) is 0 Å². The zero-order chi connectivity index (χ0) is 12.0. The van der Waals surface area contributed by atoms with Crippen molar-refractivity contribution in [2.24, 2.45) is 0 Å². The van der Waals surface area contributed by atoms with Crippen LogP contribution < -0.4 is 11.1 Å². The van der Waals surface area contributed by atoms with Crippen LogP contribution in [0.3, 0.4) is 0 Å². The third kappa shape index (κ3) is 4.59. The summed E-state index contributed by atoms with van der Waals surface area (Å²) in [5, 5.41) is 3.29. The molecule has 1 heterocycles. The van der Waals surface area contributed by atoms with E-state index in [0.717, 1.165) is 0 Å². The van der Waals surface area contributed by atoms with Gasteiger partial charge in [0.1, 0.15) is 12.4 Å². The van der Waals surface area contributed by atoms with Gasteiger partial charge in [0, 0.05) is 12.7 Å². The van der Waals surface area contributed by atoms with E-state index in [0.29, 0.717) is 23.1 Å². The van der Waals surface area contributed by atoms with Crippen LogP contribution in [0.1, 0.15) is 0 Å². The summed E-state index contributed by atoms with van der Waals surface area (Å²) in [5.41, 5.74) is 6.02. The van der Waals surface area contributed by atoms with Crippen LogP contribution in [-0.2, 0) is 4.74 Å². The molecule has 0 aromatic carbocycles. The van der Waals surface area contributed by atoms with E-state index in [4.69, 9.17) is 17.3 Å². The Labute approximate surface area is 96.7 Å². The van der Waals surface area contributed by atoms with Crippen molar-refractivity contribution >= 4 is 23.1 Å². The predicted molar refractivity (Wildman–Crippen MR) is 59.0 cm³/mol. The molecule has 0 spiro atoms. The Bertz CT molecular complexity index is 339. The summed E-state index contributed by atoms with van der Waals surface area (Å²) in [6.07, 6.45) is -1.00. The zero-order valence-electron chi connectivity index (χ0n) is 8.42. The molecule has 3 N–H and O–H groups in total. The Hall–Kier alpha value is -1.14. The third-order valence-corrected chi connectivity index (χ3v) is 1.87. The van der Waals surface area contributed by atoms with Gasteiger partial charge in [0.05, 0.1) is 17.3 Å². The maximum Gasteiger partial charge on any atom is 0.261 e. The summed E-state index contributed by atoms with van der Waals surface area (Å²) in [6.45, 7) is -0.0507. The molecule has 1 aromatic heterocycles. The van der Waals surface area contributed by atoms with E-state index in [1.54, 1.807) is 6.07 Å². The van der Waals surface area contributed by atoms with Crippen LogP contribution in [0.2, 0.25) is 5.02 Å². The fourth-order valence-corrected chi connectivity index (χ4v) is 1.18. The molecule has 4 nitrogen and oxygen atoms in total. The molecule has 0 radical (unpaired) electrons. The minimum absolute atomic E-state index is 0.161. The highest BCUT2D eigenvalue weighted by Crippen LogP contribution is 2.18. The molecule has 0 atom stereocenters. The highest BCUT2D eigenvalue weighted by Gasteiger charge is 2.03. The number of pyridine rings is 1. The second kappa shape index (κ2) is 6.44. The average molecular weight is 252 g/mol. The van der Waals surface area contributed by atoms with Crippen LogP contribution in [0.4, 0.5) is 20.3 Å². The number of alkyl halides is 2. The van der Waals surface area contributed by atoms with Crippen molar-refractivity contribution in [3.05, 3.63) is 17.3 Å². The smallest absolute Gasteiger partial charge is 0.261 e. The number of nitrogen functional groups attached to an aromatic ring is 1. The summed E-state index contributed by atoms with van der Waals surface area (Å²) >= 11 is 5.66. The van der Waals surface area contributed by atoms with E-state index in [1.807, 2.05) is 0 Å². The summed E-state index contributed by atoms with van der Waals surface area (Å²) in [5.74, 6) is 0.463. The molecule has 0 aliphatic rings. The third-order valence-electron chi connectivity index (χ3n) is 1.67. The lowest BCUT2D eigenvalue weighted by atomic mass is 10.4. The molecule has 0 fully saturated rings. The normalized spacial score (nSPS) is 10.8. The number of anilines is 2. The largest absolute Gasteiger partial charge is 0.396 e. The standard InChI is InChI=1S/C9H12ClF2N3O/c10-6-3-7(13)9(15-4-6)14-1-2-16-5-8(11)12/h3-4,8H,1-2,5,13H2,(H,14,15). The number of hydrogen-bond donors (Lipinski definition) is 2. The molecule has 16 heavy (non-hydrogen) atoms. The first kappa shape index (κ1) is 12.9. The molecule has 1 aromatic rings. The van der Waals surface area contributed by atoms with Crippen LogP contribution >= 0.6 is 11.6 Å². The van der Waals surface area contributed by atoms with E-state index < -0.39 is 13.0 Å². The van der Waals surface area contributed by atoms with Crippen molar-refractivity contribution in [3.63, 3.8) is 0 Å². The summed E-state index contributed by atoms with van der Waals surface area (Å²) in [6, 6.07) is 1.55. The maximum atomic E-state index is 11.7. The summed E-state index contributed by atoms with van der Waals surface area (Å²) in [4.78, 5) is 3.94. The van der Waals surface area contributed by atoms with E-state index in [1.165, 1.54) is 6.20 Å². The maximum absolute atomic E-state index is 11.7. The lowest BCUT2D eigenvalue weighted by Gasteiger charge is -2.08. The predicted octanol–water partition coefficient (Wildman–Crippen LogP) is 2.01. The van der Waals surface area contributed by atoms with Gasteiger partial charge in [-0.2, -0.15) is 0 Å². The van der Waals surface area contributed by atoms with Crippen molar-refractivity contribution in [2.45, 2.75) is 6.43 Å². The summed E-state index contributed by atoms with van der Waals surface area (Å²) in [7, 11) is 0. The number of halogens is 3. The van der Waals surface area contributed by atoms with Gasteiger partial charge >= 0.3 is 0 Å². The number of ether oxygens (including phenoxy) is 1. The van der Waals surface area contributed by atoms with Crippen LogP contribution in [0.15, 0.2) is 12.3 Å². The highest BCUT2D eigenvalue weighted by molar-refractivity contribution is 6.30. The lowest BCUT2D eigenvalue weighted by molar-refractivity contribution is 0.0215. The zero-order valence-corrected chi connectivity index (χ0v) is 9.18. The average Bonchev–Trinajstić information content (AvgIpc) is 2.20. The number of nitrogens with zero attached hydrogens (tertiary/aromatic N) is 1. The first-order valence-electron chi connectivity index (χ1n) is 4.60. The van der Waals surface area contributed by atoms with E-state index in [2.05, 4.69) is 15.0 Å². The second-order valence-electron chi connectivity index (χ2n) is 2.98. The van der Waals surface area contributed by atoms with Gasteiger partial charge in [-0.05, 0) is 6.07 Å². The molecular formula is C9H12ClF2N3O. The Morgan fingerprint density at radius 2 is 2.31 bits per heavy atom. The molecule has 0 saturated heterocycles. The van der Waals surface area contributed by atoms with E-state index in [-0.39, 0.29) is 6.61 Å². The first-order valence-corrected chi connectivity index (χ1v) is 4.98. The number of aromatic nitrogens is 1. The van der Waals surface area contributed by atoms with Gasteiger partial charge in [0.15, 0.2) is 0 Å². The van der Waals surface area contributed by atoms with Gasteiger partial charge in [-0.25, -0.2) is 13.8 Å². The Kier molecular flexibility index (Phi) is 5.21. The van der Waals surface area contributed by atoms with Gasteiger partial charge in [-0.1, -0.05) is 11.6 Å². The molecule has 7 heteroatoms. The number of nitrogens with one attached hydrogen (secondary N) is 1. The molecule has 90 valence electrons. The van der Waals surface area contributed by atoms with Crippen molar-refractivity contribution in [1.82, 2.24) is 4.98 Å². The van der Waals surface area contributed by atoms with Crippen molar-refractivity contribution < 1.29 is 13.5 Å². The molecule has 0 bridgehead atoms. The SMILES string of the molecule is Nc1cc(Cl)cnc1NCCOCC(F)F. The van der Waals surface area contributed by atoms with Gasteiger partial charge in [0.2, 0.25) is 0 Å². The fourth-order valence-electron chi connectivity index (χ4n) is 1.02. The summed E-state index contributed by atoms with van der Waals surface area (Å²) < 4.78 is 28.1. The van der Waals surface area contributed by atoms with Gasteiger partial charge in [-0.15, -0.1) is 0 Å². The molecule has 0 aliphatic carbocycles. The van der Waals surface area contributed by atoms with Gasteiger partial charge in [-0.3, -0.25) is 0 Å². The molecule has 0 saturated carbocycles. The first-order chi connectivity index (χ1) is 7.59. The van der Waals surface area contributed by atoms with Crippen LogP contribution in [0.25, 0.3) is 0 Å². The Balaban J connectivity index is 2.27. The van der Waals surface area contributed by atoms with E-state index >= 15 is 0 Å². The van der Waals surface area contributed by atoms with Crippen molar-refractivity contribution in [1.29, 1.82) is 0 Å². The Morgan fingerprint density at radius 1 is 1.56 bits per heavy atom. The van der Waals surface area contributed by atoms with Crippen LogP contribution in [0.5, 0.6) is 0 Å². The van der Waals surface area contributed by atoms with Crippen LogP contribution in [-0.4, -0.2) is 31.2 Å². The second-order valence-corrected chi connectivity index (χ2v) is 3.42. The molecule has 0 aliphatic heterocycles. The fraction of sp³-hybridized carbons (Fsp3) is 0.444. The quantitative estimate of drug-likeness (QED) is 0.760. The Morgan fingerprint density at radius 3 is 2.94 bits per heavy atom. The van der Waals surface area contributed by atoms with E-state index in [9.17, 15) is 8.78 Å². The highest BCUT2D eigenvalue weighted by atomic mass is 35.5. The monoisotopic (exact) mass is 251 g/mol. The number of nitrogens with two attached hydrogens (primary N) is 1. The molecular weight excluding hydrogens is 240 g/mol. The van der Waals surface area contributed by atoms with Gasteiger partial charge < -0.3 is 15.8 Å². The topological polar surface area (TPSA) is 60.2 Å². The lowest BCUT2D eigenvalue weighted by Crippen LogP contribution is -2.14. The number of hydrogen-bond acceptors (Lipinski definition) is 4. The van der Waals surface area contributed by atoms with Gasteiger partial charge in [0.25, 0.3) is 6.43 Å². The molecule has 1 rings (SSSR count).